The average molecular weight is 435 g/mol. The fourth-order valence-electron chi connectivity index (χ4n) is 2.83. The molecule has 6 heteroatoms. The van der Waals surface area contributed by atoms with Crippen LogP contribution in [0.4, 0.5) is 5.69 Å². The number of hydrogen-bond acceptors (Lipinski definition) is 5. The monoisotopic (exact) mass is 434 g/mol. The van der Waals surface area contributed by atoms with Crippen molar-refractivity contribution in [2.24, 2.45) is 0 Å². The van der Waals surface area contributed by atoms with E-state index in [4.69, 9.17) is 14.9 Å². The van der Waals surface area contributed by atoms with Gasteiger partial charge in [-0.3, -0.25) is 4.98 Å². The molecule has 5 nitrogen and oxygen atoms in total. The third-order valence-electron chi connectivity index (χ3n) is 5.79. The van der Waals surface area contributed by atoms with Crippen LogP contribution in [0, 0.1) is 0 Å². The highest BCUT2D eigenvalue weighted by Gasteiger charge is 2.37. The summed E-state index contributed by atoms with van der Waals surface area (Å²) in [4.78, 5) is 17.3. The van der Waals surface area contributed by atoms with Gasteiger partial charge in [-0.25, -0.2) is 4.79 Å². The molecule has 0 bridgehead atoms. The van der Waals surface area contributed by atoms with E-state index in [9.17, 15) is 4.79 Å². The second-order valence-corrected chi connectivity index (χ2v) is 13.9. The van der Waals surface area contributed by atoms with Gasteiger partial charge in [0, 0.05) is 11.3 Å². The number of carbonyl (C=O) groups is 1. The first kappa shape index (κ1) is 22.7. The number of esters is 1. The standard InChI is InChI=1S/C25H30N2O3Si/c1-25(2,3)31(4,5)29-17-18-14-15-19(16-27-18)30-24(28)22-12-7-6-10-20(22)21-11-8-9-13-23(21)26/h6-16H,17,26H2,1-5H3. The predicted molar refractivity (Wildman–Crippen MR) is 127 cm³/mol. The summed E-state index contributed by atoms with van der Waals surface area (Å²) in [5, 5.41) is 0.137. The third kappa shape index (κ3) is 5.40. The number of carbonyl (C=O) groups excluding carboxylic acids is 1. The van der Waals surface area contributed by atoms with Crippen molar-refractivity contribution in [1.29, 1.82) is 0 Å². The quantitative estimate of drug-likeness (QED) is 0.289. The van der Waals surface area contributed by atoms with Crippen LogP contribution < -0.4 is 10.5 Å². The summed E-state index contributed by atoms with van der Waals surface area (Å²) in [6.45, 7) is 11.5. The Morgan fingerprint density at radius 2 is 1.61 bits per heavy atom. The molecule has 0 saturated carbocycles. The SMILES string of the molecule is CC(C)(C)[Si](C)(C)OCc1ccc(OC(=O)c2ccccc2-c2ccccc2N)cn1. The molecule has 0 aliphatic rings. The molecule has 1 heterocycles. The lowest BCUT2D eigenvalue weighted by Gasteiger charge is -2.36. The van der Waals surface area contributed by atoms with Crippen LogP contribution >= 0.6 is 0 Å². The van der Waals surface area contributed by atoms with Crippen molar-refractivity contribution in [3.8, 4) is 16.9 Å². The summed E-state index contributed by atoms with van der Waals surface area (Å²) in [7, 11) is -1.85. The lowest BCUT2D eigenvalue weighted by molar-refractivity contribution is 0.0735. The van der Waals surface area contributed by atoms with Gasteiger partial charge in [0.15, 0.2) is 8.32 Å². The van der Waals surface area contributed by atoms with Crippen LogP contribution in [0.1, 0.15) is 36.8 Å². The molecule has 0 aliphatic carbocycles. The van der Waals surface area contributed by atoms with Gasteiger partial charge in [0.2, 0.25) is 0 Å². The Hall–Kier alpha value is -2.96. The van der Waals surface area contributed by atoms with Crippen LogP contribution in [0.3, 0.4) is 0 Å². The molecule has 1 aromatic heterocycles. The van der Waals surface area contributed by atoms with Crippen molar-refractivity contribution in [2.45, 2.75) is 45.5 Å². The molecule has 3 rings (SSSR count). The molecule has 0 atom stereocenters. The number of rotatable bonds is 6. The van der Waals surface area contributed by atoms with Crippen LogP contribution in [0.15, 0.2) is 66.9 Å². The average Bonchev–Trinajstić information content (AvgIpc) is 2.73. The van der Waals surface area contributed by atoms with Crippen LogP contribution in [-0.4, -0.2) is 19.3 Å². The molecule has 2 aromatic carbocycles. The minimum Gasteiger partial charge on any atom is -0.421 e. The smallest absolute Gasteiger partial charge is 0.344 e. The summed E-state index contributed by atoms with van der Waals surface area (Å²) in [6, 6.07) is 18.3. The number of ether oxygens (including phenoxy) is 1. The van der Waals surface area contributed by atoms with Gasteiger partial charge >= 0.3 is 5.97 Å². The minimum atomic E-state index is -1.85. The second kappa shape index (κ2) is 9.04. The molecule has 0 unspecified atom stereocenters. The Bertz CT molecular complexity index is 1060. The molecule has 31 heavy (non-hydrogen) atoms. The number of nitrogen functional groups attached to an aromatic ring is 1. The maximum atomic E-state index is 12.9. The zero-order valence-electron chi connectivity index (χ0n) is 18.8. The lowest BCUT2D eigenvalue weighted by atomic mass is 9.98. The highest BCUT2D eigenvalue weighted by molar-refractivity contribution is 6.74. The van der Waals surface area contributed by atoms with E-state index >= 15 is 0 Å². The van der Waals surface area contributed by atoms with Crippen molar-refractivity contribution in [3.63, 3.8) is 0 Å². The third-order valence-corrected chi connectivity index (χ3v) is 10.3. The van der Waals surface area contributed by atoms with E-state index in [1.54, 1.807) is 24.4 Å². The fourth-order valence-corrected chi connectivity index (χ4v) is 3.77. The Balaban J connectivity index is 1.72. The largest absolute Gasteiger partial charge is 0.421 e. The van der Waals surface area contributed by atoms with Gasteiger partial charge in [-0.2, -0.15) is 0 Å². The Morgan fingerprint density at radius 1 is 0.968 bits per heavy atom. The Labute approximate surface area is 185 Å². The van der Waals surface area contributed by atoms with E-state index in [0.29, 0.717) is 23.6 Å². The summed E-state index contributed by atoms with van der Waals surface area (Å²) >= 11 is 0. The molecular weight excluding hydrogens is 404 g/mol. The molecule has 0 amide bonds. The van der Waals surface area contributed by atoms with E-state index in [1.165, 1.54) is 0 Å². The molecular formula is C25H30N2O3Si. The van der Waals surface area contributed by atoms with Gasteiger partial charge in [0.25, 0.3) is 0 Å². The van der Waals surface area contributed by atoms with E-state index in [0.717, 1.165) is 16.8 Å². The van der Waals surface area contributed by atoms with E-state index in [-0.39, 0.29) is 5.04 Å². The molecule has 0 radical (unpaired) electrons. The number of para-hydroxylation sites is 1. The van der Waals surface area contributed by atoms with Gasteiger partial charge in [0.05, 0.1) is 24.1 Å². The summed E-state index contributed by atoms with van der Waals surface area (Å²) in [5.74, 6) is -0.0668. The number of anilines is 1. The maximum absolute atomic E-state index is 12.9. The summed E-state index contributed by atoms with van der Waals surface area (Å²) in [5.41, 5.74) is 9.50. The molecule has 0 saturated heterocycles. The van der Waals surface area contributed by atoms with Crippen LogP contribution in [-0.2, 0) is 11.0 Å². The molecule has 2 N–H and O–H groups in total. The van der Waals surface area contributed by atoms with Gasteiger partial charge in [-0.1, -0.05) is 57.2 Å². The maximum Gasteiger partial charge on any atom is 0.344 e. The second-order valence-electron chi connectivity index (χ2n) is 9.06. The van der Waals surface area contributed by atoms with Gasteiger partial charge in [0.1, 0.15) is 5.75 Å². The van der Waals surface area contributed by atoms with Gasteiger partial charge in [-0.15, -0.1) is 0 Å². The molecule has 0 fully saturated rings. The molecule has 0 spiro atoms. The number of benzene rings is 2. The van der Waals surface area contributed by atoms with E-state index in [2.05, 4.69) is 38.8 Å². The predicted octanol–water partition coefficient (Wildman–Crippen LogP) is 6.07. The van der Waals surface area contributed by atoms with Gasteiger partial charge in [-0.05, 0) is 48.0 Å². The molecule has 0 aliphatic heterocycles. The van der Waals surface area contributed by atoms with Crippen LogP contribution in [0.5, 0.6) is 5.75 Å². The molecule has 162 valence electrons. The van der Waals surface area contributed by atoms with Crippen molar-refractivity contribution in [3.05, 3.63) is 78.1 Å². The van der Waals surface area contributed by atoms with Crippen molar-refractivity contribution < 1.29 is 14.0 Å². The highest BCUT2D eigenvalue weighted by Crippen LogP contribution is 2.37. The van der Waals surface area contributed by atoms with Crippen molar-refractivity contribution in [1.82, 2.24) is 4.98 Å². The summed E-state index contributed by atoms with van der Waals surface area (Å²) < 4.78 is 11.8. The zero-order chi connectivity index (χ0) is 22.6. The van der Waals surface area contributed by atoms with Crippen LogP contribution in [0.25, 0.3) is 11.1 Å². The number of pyridine rings is 1. The van der Waals surface area contributed by atoms with Crippen molar-refractivity contribution in [2.75, 3.05) is 5.73 Å². The Kier molecular flexibility index (Phi) is 6.62. The van der Waals surface area contributed by atoms with Crippen LogP contribution in [0.2, 0.25) is 18.1 Å². The van der Waals surface area contributed by atoms with E-state index in [1.807, 2.05) is 42.5 Å². The Morgan fingerprint density at radius 3 is 2.23 bits per heavy atom. The topological polar surface area (TPSA) is 74.4 Å². The number of aromatic nitrogens is 1. The lowest BCUT2D eigenvalue weighted by Crippen LogP contribution is -2.40. The number of nitrogens with two attached hydrogens (primary N) is 1. The zero-order valence-corrected chi connectivity index (χ0v) is 19.8. The van der Waals surface area contributed by atoms with E-state index < -0.39 is 14.3 Å². The number of hydrogen-bond donors (Lipinski definition) is 1. The van der Waals surface area contributed by atoms with Crippen molar-refractivity contribution >= 4 is 20.0 Å². The number of nitrogens with zero attached hydrogens (tertiary/aromatic N) is 1. The fraction of sp³-hybridized carbons (Fsp3) is 0.280. The van der Waals surface area contributed by atoms with Gasteiger partial charge < -0.3 is 14.9 Å². The molecule has 3 aromatic rings. The summed E-state index contributed by atoms with van der Waals surface area (Å²) in [6.07, 6.45) is 1.56. The minimum absolute atomic E-state index is 0.137. The normalized spacial score (nSPS) is 11.9. The first-order valence-electron chi connectivity index (χ1n) is 10.3. The highest BCUT2D eigenvalue weighted by atomic mass is 28.4. The first-order chi connectivity index (χ1) is 14.6. The first-order valence-corrected chi connectivity index (χ1v) is 13.2.